The fourth-order valence-corrected chi connectivity index (χ4v) is 9.61. The zero-order valence-electron chi connectivity index (χ0n) is 34.3. The number of hydrogen-bond acceptors (Lipinski definition) is 2. The minimum atomic E-state index is -0.0763. The molecule has 0 saturated carbocycles. The van der Waals surface area contributed by atoms with E-state index in [0.29, 0.717) is 0 Å². The third-order valence-electron chi connectivity index (χ3n) is 12.6. The quantitative estimate of drug-likeness (QED) is 0.152. The van der Waals surface area contributed by atoms with Crippen LogP contribution < -0.4 is 9.80 Å². The van der Waals surface area contributed by atoms with Gasteiger partial charge in [0.1, 0.15) is 0 Å². The molecule has 0 fully saturated rings. The van der Waals surface area contributed by atoms with Crippen molar-refractivity contribution in [3.63, 3.8) is 0 Å². The van der Waals surface area contributed by atoms with E-state index in [9.17, 15) is 0 Å². The van der Waals surface area contributed by atoms with Crippen LogP contribution in [0.25, 0.3) is 54.9 Å². The molecule has 0 heterocycles. The number of rotatable bonds is 8. The van der Waals surface area contributed by atoms with E-state index in [1.54, 1.807) is 0 Å². The maximum absolute atomic E-state index is 2.45. The Hall–Kier alpha value is -7.68. The summed E-state index contributed by atoms with van der Waals surface area (Å²) in [6.07, 6.45) is 0. The van der Waals surface area contributed by atoms with Crippen LogP contribution in [-0.2, 0) is 5.41 Å². The first-order valence-electron chi connectivity index (χ1n) is 21.2. The first-order chi connectivity index (χ1) is 30.0. The second kappa shape index (κ2) is 14.9. The van der Waals surface area contributed by atoms with Crippen LogP contribution in [-0.4, -0.2) is 0 Å². The predicted octanol–water partition coefficient (Wildman–Crippen LogP) is 16.6. The summed E-state index contributed by atoms with van der Waals surface area (Å²) in [6.45, 7) is 4.69. The highest BCUT2D eigenvalue weighted by atomic mass is 15.2. The Morgan fingerprint density at radius 2 is 0.852 bits per heavy atom. The lowest BCUT2D eigenvalue weighted by atomic mass is 9.82. The maximum Gasteiger partial charge on any atom is 0.0540 e. The zero-order valence-corrected chi connectivity index (χ0v) is 34.3. The fourth-order valence-electron chi connectivity index (χ4n) is 9.61. The minimum Gasteiger partial charge on any atom is -0.310 e. The van der Waals surface area contributed by atoms with Crippen LogP contribution in [0.1, 0.15) is 25.0 Å². The Labute approximate surface area is 358 Å². The van der Waals surface area contributed by atoms with Gasteiger partial charge in [-0.3, -0.25) is 0 Å². The highest BCUT2D eigenvalue weighted by Gasteiger charge is 2.35. The van der Waals surface area contributed by atoms with Gasteiger partial charge < -0.3 is 9.80 Å². The largest absolute Gasteiger partial charge is 0.310 e. The maximum atomic E-state index is 2.45. The van der Waals surface area contributed by atoms with E-state index >= 15 is 0 Å². The van der Waals surface area contributed by atoms with E-state index in [2.05, 4.69) is 254 Å². The van der Waals surface area contributed by atoms with Crippen molar-refractivity contribution in [2.45, 2.75) is 19.3 Å². The van der Waals surface area contributed by atoms with Gasteiger partial charge in [0.25, 0.3) is 0 Å². The van der Waals surface area contributed by atoms with Crippen LogP contribution in [0.3, 0.4) is 0 Å². The van der Waals surface area contributed by atoms with E-state index in [-0.39, 0.29) is 5.41 Å². The van der Waals surface area contributed by atoms with Gasteiger partial charge in [-0.1, -0.05) is 172 Å². The molecule has 2 heteroatoms. The summed E-state index contributed by atoms with van der Waals surface area (Å²) in [4.78, 5) is 4.79. The van der Waals surface area contributed by atoms with Crippen molar-refractivity contribution in [1.29, 1.82) is 0 Å². The Morgan fingerprint density at radius 1 is 0.295 bits per heavy atom. The number of benzene rings is 10. The number of anilines is 6. The lowest BCUT2D eigenvalue weighted by Gasteiger charge is -2.30. The molecule has 10 aromatic rings. The number of para-hydroxylation sites is 1. The monoisotopic (exact) mass is 780 g/mol. The average molecular weight is 781 g/mol. The molecule has 0 amide bonds. The second-order valence-electron chi connectivity index (χ2n) is 16.6. The Bertz CT molecular complexity index is 3210. The number of hydrogen-bond donors (Lipinski definition) is 0. The van der Waals surface area contributed by atoms with E-state index < -0.39 is 0 Å². The van der Waals surface area contributed by atoms with Crippen LogP contribution in [0.15, 0.2) is 231 Å². The van der Waals surface area contributed by atoms with Crippen LogP contribution in [0.2, 0.25) is 0 Å². The molecule has 61 heavy (non-hydrogen) atoms. The topological polar surface area (TPSA) is 6.48 Å². The van der Waals surface area contributed by atoms with Crippen LogP contribution in [0.5, 0.6) is 0 Å². The lowest BCUT2D eigenvalue weighted by molar-refractivity contribution is 0.660. The molecular weight excluding hydrogens is 737 g/mol. The normalized spacial score (nSPS) is 12.6. The van der Waals surface area contributed by atoms with E-state index in [4.69, 9.17) is 0 Å². The van der Waals surface area contributed by atoms with Gasteiger partial charge in [-0.05, 0) is 133 Å². The van der Waals surface area contributed by atoms with E-state index in [0.717, 1.165) is 34.1 Å². The molecule has 10 aromatic carbocycles. The highest BCUT2D eigenvalue weighted by Crippen LogP contribution is 2.51. The van der Waals surface area contributed by atoms with Crippen molar-refractivity contribution in [3.05, 3.63) is 242 Å². The summed E-state index contributed by atoms with van der Waals surface area (Å²) >= 11 is 0. The van der Waals surface area contributed by atoms with Crippen molar-refractivity contribution >= 4 is 55.7 Å². The molecule has 11 rings (SSSR count). The SMILES string of the molecule is CC1(C)c2ccccc2-c2cc(N(c3ccc(N(c4ccccc4)c4cccc(-c5ccccc5)c4)cc3)c3cccc4cc(-c5cccc6ccccc56)ccc34)ccc21. The van der Waals surface area contributed by atoms with Crippen molar-refractivity contribution in [3.8, 4) is 33.4 Å². The molecule has 0 radical (unpaired) electrons. The predicted molar refractivity (Wildman–Crippen MR) is 259 cm³/mol. The van der Waals surface area contributed by atoms with Gasteiger partial charge in [-0.2, -0.15) is 0 Å². The molecule has 0 unspecified atom stereocenters. The van der Waals surface area contributed by atoms with Crippen LogP contribution >= 0.6 is 0 Å². The molecule has 1 aliphatic carbocycles. The van der Waals surface area contributed by atoms with Gasteiger partial charge in [0.15, 0.2) is 0 Å². The van der Waals surface area contributed by atoms with Crippen molar-refractivity contribution in [2.75, 3.05) is 9.80 Å². The Kier molecular flexibility index (Phi) is 8.86. The van der Waals surface area contributed by atoms with Crippen LogP contribution in [0.4, 0.5) is 34.1 Å². The first-order valence-corrected chi connectivity index (χ1v) is 21.2. The standard InChI is InChI=1S/C59H44N2/c1-59(2)56-28-12-11-26-54(56)55-40-50(35-37-57(55)59)61(58-29-15-21-44-38-45(30-36-53(44)58)52-27-14-19-42-18-9-10-25-51(42)52)48-33-31-47(32-34-48)60(46-22-7-4-8-23-46)49-24-13-20-43(39-49)41-16-5-3-6-17-41/h3-40H,1-2H3. The Morgan fingerprint density at radius 3 is 1.69 bits per heavy atom. The molecule has 0 atom stereocenters. The summed E-state index contributed by atoms with van der Waals surface area (Å²) in [5.41, 5.74) is 16.8. The fraction of sp³-hybridized carbons (Fsp3) is 0.0508. The van der Waals surface area contributed by atoms with Crippen molar-refractivity contribution < 1.29 is 0 Å². The number of nitrogens with zero attached hydrogens (tertiary/aromatic N) is 2. The van der Waals surface area contributed by atoms with E-state index in [1.165, 1.54) is 66.1 Å². The molecule has 0 aliphatic heterocycles. The molecule has 0 spiro atoms. The summed E-state index contributed by atoms with van der Waals surface area (Å²) in [5, 5.41) is 4.91. The van der Waals surface area contributed by atoms with Gasteiger partial charge >= 0.3 is 0 Å². The summed E-state index contributed by atoms with van der Waals surface area (Å²) in [6, 6.07) is 84.1. The molecule has 0 saturated heterocycles. The summed E-state index contributed by atoms with van der Waals surface area (Å²) in [7, 11) is 0. The smallest absolute Gasteiger partial charge is 0.0540 e. The lowest BCUT2D eigenvalue weighted by Crippen LogP contribution is -2.15. The van der Waals surface area contributed by atoms with E-state index in [1.807, 2.05) is 0 Å². The highest BCUT2D eigenvalue weighted by molar-refractivity contribution is 6.04. The van der Waals surface area contributed by atoms with Gasteiger partial charge in [-0.15, -0.1) is 0 Å². The minimum absolute atomic E-state index is 0.0763. The third-order valence-corrected chi connectivity index (χ3v) is 12.6. The molecule has 290 valence electrons. The average Bonchev–Trinajstić information content (AvgIpc) is 3.55. The van der Waals surface area contributed by atoms with Crippen LogP contribution in [0, 0.1) is 0 Å². The Balaban J connectivity index is 1.06. The molecule has 1 aliphatic rings. The molecule has 0 N–H and O–H groups in total. The van der Waals surface area contributed by atoms with Gasteiger partial charge in [-0.25, -0.2) is 0 Å². The molecule has 0 bridgehead atoms. The molecule has 0 aromatic heterocycles. The second-order valence-corrected chi connectivity index (χ2v) is 16.6. The number of fused-ring (bicyclic) bond motifs is 5. The molecular formula is C59H44N2. The van der Waals surface area contributed by atoms with Gasteiger partial charge in [0.05, 0.1) is 5.69 Å². The van der Waals surface area contributed by atoms with Gasteiger partial charge in [0, 0.05) is 39.2 Å². The zero-order chi connectivity index (χ0) is 40.9. The first kappa shape index (κ1) is 36.4. The van der Waals surface area contributed by atoms with Crippen molar-refractivity contribution in [2.24, 2.45) is 0 Å². The van der Waals surface area contributed by atoms with Crippen molar-refractivity contribution in [1.82, 2.24) is 0 Å². The van der Waals surface area contributed by atoms with Gasteiger partial charge in [0.2, 0.25) is 0 Å². The summed E-state index contributed by atoms with van der Waals surface area (Å²) in [5.74, 6) is 0. The summed E-state index contributed by atoms with van der Waals surface area (Å²) < 4.78 is 0. The third kappa shape index (κ3) is 6.36. The molecule has 2 nitrogen and oxygen atoms in total.